The van der Waals surface area contributed by atoms with Gasteiger partial charge in [0.25, 0.3) is 0 Å². The molecule has 0 radical (unpaired) electrons. The topological polar surface area (TPSA) is 46.6 Å². The van der Waals surface area contributed by atoms with E-state index in [1.54, 1.807) is 0 Å². The second kappa shape index (κ2) is 7.18. The van der Waals surface area contributed by atoms with Crippen molar-refractivity contribution in [1.82, 2.24) is 4.90 Å². The zero-order valence-corrected chi connectivity index (χ0v) is 15.0. The summed E-state index contributed by atoms with van der Waals surface area (Å²) in [5.74, 6) is -0.219. The lowest BCUT2D eigenvalue weighted by atomic mass is 10.0. The number of amides is 2. The van der Waals surface area contributed by atoms with Crippen LogP contribution in [0, 0.1) is 6.92 Å². The summed E-state index contributed by atoms with van der Waals surface area (Å²) in [4.78, 5) is 26.0. The van der Waals surface area contributed by atoms with Gasteiger partial charge in [-0.2, -0.15) is 0 Å². The van der Waals surface area contributed by atoms with Crippen molar-refractivity contribution >= 4 is 27.9 Å². The summed E-state index contributed by atoms with van der Waals surface area (Å²) >= 11 is 3.42. The first kappa shape index (κ1) is 16.7. The number of nitrogens with zero attached hydrogens (tertiary/aromatic N) is 1. The summed E-state index contributed by atoms with van der Waals surface area (Å²) in [5.41, 5.74) is 3.02. The fourth-order valence-electron chi connectivity index (χ4n) is 2.91. The summed E-state index contributed by atoms with van der Waals surface area (Å²) in [5, 5.41) is 0. The summed E-state index contributed by atoms with van der Waals surface area (Å²) in [6.07, 6.45) is 0.257. The molecule has 0 unspecified atom stereocenters. The van der Waals surface area contributed by atoms with Crippen LogP contribution < -0.4 is 0 Å². The van der Waals surface area contributed by atoms with Crippen molar-refractivity contribution in [3.8, 4) is 0 Å². The Morgan fingerprint density at radius 3 is 2.71 bits per heavy atom. The van der Waals surface area contributed by atoms with Gasteiger partial charge < -0.3 is 4.74 Å². The van der Waals surface area contributed by atoms with Gasteiger partial charge in [0.05, 0.1) is 12.5 Å². The van der Waals surface area contributed by atoms with Crippen LogP contribution in [0.4, 0.5) is 4.79 Å². The molecule has 1 saturated heterocycles. The monoisotopic (exact) mass is 387 g/mol. The van der Waals surface area contributed by atoms with Gasteiger partial charge in [-0.3, -0.25) is 4.79 Å². The van der Waals surface area contributed by atoms with Crippen molar-refractivity contribution in [2.45, 2.75) is 25.8 Å². The minimum Gasteiger partial charge on any atom is -0.447 e. The summed E-state index contributed by atoms with van der Waals surface area (Å²) < 4.78 is 6.09. The predicted octanol–water partition coefficient (Wildman–Crippen LogP) is 3.89. The van der Waals surface area contributed by atoms with Gasteiger partial charge in [0.15, 0.2) is 0 Å². The smallest absolute Gasteiger partial charge is 0.416 e. The number of halogens is 1. The highest BCUT2D eigenvalue weighted by molar-refractivity contribution is 9.10. The van der Waals surface area contributed by atoms with Gasteiger partial charge in [0.1, 0.15) is 6.61 Å². The summed E-state index contributed by atoms with van der Waals surface area (Å²) in [7, 11) is 0. The lowest BCUT2D eigenvalue weighted by molar-refractivity contribution is -0.128. The molecule has 124 valence electrons. The third-order valence-electron chi connectivity index (χ3n) is 4.19. The molecule has 0 bridgehead atoms. The zero-order valence-electron chi connectivity index (χ0n) is 13.4. The van der Waals surface area contributed by atoms with Gasteiger partial charge >= 0.3 is 6.09 Å². The van der Waals surface area contributed by atoms with E-state index in [9.17, 15) is 9.59 Å². The van der Waals surface area contributed by atoms with Gasteiger partial charge in [0, 0.05) is 4.47 Å². The minimum atomic E-state index is -0.546. The van der Waals surface area contributed by atoms with Crippen molar-refractivity contribution in [3.63, 3.8) is 0 Å². The van der Waals surface area contributed by atoms with E-state index in [0.29, 0.717) is 6.42 Å². The molecule has 2 aromatic carbocycles. The maximum Gasteiger partial charge on any atom is 0.416 e. The van der Waals surface area contributed by atoms with E-state index < -0.39 is 6.09 Å². The molecule has 2 amide bonds. The van der Waals surface area contributed by atoms with Gasteiger partial charge in [0.2, 0.25) is 5.91 Å². The Labute approximate surface area is 149 Å². The number of hydrogen-bond donors (Lipinski definition) is 0. The first-order valence-corrected chi connectivity index (χ1v) is 8.61. The highest BCUT2D eigenvalue weighted by atomic mass is 79.9. The molecule has 1 aliphatic rings. The quantitative estimate of drug-likeness (QED) is 0.799. The van der Waals surface area contributed by atoms with Crippen LogP contribution in [-0.4, -0.2) is 29.5 Å². The first-order valence-electron chi connectivity index (χ1n) is 7.82. The van der Waals surface area contributed by atoms with E-state index in [0.717, 1.165) is 21.2 Å². The molecule has 0 aliphatic carbocycles. The van der Waals surface area contributed by atoms with Crippen LogP contribution in [-0.2, 0) is 22.4 Å². The Morgan fingerprint density at radius 2 is 2.00 bits per heavy atom. The molecule has 0 saturated carbocycles. The van der Waals surface area contributed by atoms with Gasteiger partial charge in [-0.15, -0.1) is 0 Å². The Hall–Kier alpha value is -2.14. The first-order chi connectivity index (χ1) is 11.5. The third-order valence-corrected chi connectivity index (χ3v) is 4.68. The molecule has 2 aromatic rings. The van der Waals surface area contributed by atoms with Crippen LogP contribution >= 0.6 is 15.9 Å². The molecule has 24 heavy (non-hydrogen) atoms. The van der Waals surface area contributed by atoms with Crippen molar-refractivity contribution in [2.24, 2.45) is 0 Å². The Balaban J connectivity index is 1.75. The highest BCUT2D eigenvalue weighted by Crippen LogP contribution is 2.21. The number of hydrogen-bond acceptors (Lipinski definition) is 3. The van der Waals surface area contributed by atoms with Crippen LogP contribution in [0.3, 0.4) is 0 Å². The number of imide groups is 1. The van der Waals surface area contributed by atoms with Crippen LogP contribution in [0.5, 0.6) is 0 Å². The predicted molar refractivity (Wildman–Crippen MR) is 94.7 cm³/mol. The SMILES string of the molecule is Cc1cc(Br)ccc1CC(=O)N1C(=O)OC[C@H]1Cc1ccccc1. The standard InChI is InChI=1S/C19H18BrNO3/c1-13-9-16(20)8-7-15(13)11-18(22)21-17(12-24-19(21)23)10-14-5-3-2-4-6-14/h2-9,17H,10-12H2,1H3/t17-/m1/s1. The number of benzene rings is 2. The largest absolute Gasteiger partial charge is 0.447 e. The van der Waals surface area contributed by atoms with E-state index in [2.05, 4.69) is 15.9 Å². The fourth-order valence-corrected chi connectivity index (χ4v) is 3.38. The number of carbonyl (C=O) groups is 2. The molecule has 4 nitrogen and oxygen atoms in total. The van der Waals surface area contributed by atoms with E-state index in [-0.39, 0.29) is 25.0 Å². The molecular weight excluding hydrogens is 370 g/mol. The van der Waals surface area contributed by atoms with E-state index in [1.165, 1.54) is 4.90 Å². The third kappa shape index (κ3) is 3.67. The van der Waals surface area contributed by atoms with Gasteiger partial charge in [-0.25, -0.2) is 9.69 Å². The average molecular weight is 388 g/mol. The van der Waals surface area contributed by atoms with Crippen molar-refractivity contribution in [2.75, 3.05) is 6.61 Å². The molecule has 1 fully saturated rings. The fraction of sp³-hybridized carbons (Fsp3) is 0.263. The lowest BCUT2D eigenvalue weighted by Crippen LogP contribution is -2.41. The van der Waals surface area contributed by atoms with Crippen molar-refractivity contribution < 1.29 is 14.3 Å². The average Bonchev–Trinajstić information content (AvgIpc) is 2.91. The van der Waals surface area contributed by atoms with Crippen LogP contribution in [0.25, 0.3) is 0 Å². The summed E-state index contributed by atoms with van der Waals surface area (Å²) in [6.45, 7) is 2.20. The molecule has 0 aromatic heterocycles. The van der Waals surface area contributed by atoms with Crippen LogP contribution in [0.1, 0.15) is 16.7 Å². The number of aryl methyl sites for hydroxylation is 1. The second-order valence-electron chi connectivity index (χ2n) is 5.93. The summed E-state index contributed by atoms with van der Waals surface area (Å²) in [6, 6.07) is 15.3. The van der Waals surface area contributed by atoms with Crippen LogP contribution in [0.15, 0.2) is 53.0 Å². The van der Waals surface area contributed by atoms with Gasteiger partial charge in [-0.1, -0.05) is 52.3 Å². The van der Waals surface area contributed by atoms with Crippen LogP contribution in [0.2, 0.25) is 0 Å². The molecule has 3 rings (SSSR count). The lowest BCUT2D eigenvalue weighted by Gasteiger charge is -2.20. The minimum absolute atomic E-state index is 0.194. The number of rotatable bonds is 4. The molecule has 1 heterocycles. The number of cyclic esters (lactones) is 1. The number of ether oxygens (including phenoxy) is 1. The Bertz CT molecular complexity index is 760. The maximum absolute atomic E-state index is 12.7. The highest BCUT2D eigenvalue weighted by Gasteiger charge is 2.37. The van der Waals surface area contributed by atoms with Crippen molar-refractivity contribution in [3.05, 3.63) is 69.7 Å². The van der Waals surface area contributed by atoms with E-state index in [4.69, 9.17) is 4.74 Å². The number of carbonyl (C=O) groups excluding carboxylic acids is 2. The van der Waals surface area contributed by atoms with Crippen molar-refractivity contribution in [1.29, 1.82) is 0 Å². The molecule has 1 aliphatic heterocycles. The molecule has 0 N–H and O–H groups in total. The maximum atomic E-state index is 12.7. The van der Waals surface area contributed by atoms with E-state index in [1.807, 2.05) is 55.5 Å². The Morgan fingerprint density at radius 1 is 1.25 bits per heavy atom. The molecule has 1 atom stereocenters. The van der Waals surface area contributed by atoms with Gasteiger partial charge in [-0.05, 0) is 42.2 Å². The van der Waals surface area contributed by atoms with E-state index >= 15 is 0 Å². The molecule has 5 heteroatoms. The molecular formula is C19H18BrNO3. The second-order valence-corrected chi connectivity index (χ2v) is 6.85. The molecule has 0 spiro atoms. The Kier molecular flexibility index (Phi) is 5.00. The normalized spacial score (nSPS) is 17.0. The zero-order chi connectivity index (χ0) is 17.1.